The van der Waals surface area contributed by atoms with Gasteiger partial charge in [0.15, 0.2) is 5.82 Å². The monoisotopic (exact) mass is 311 g/mol. The molecule has 9 nitrogen and oxygen atoms in total. The summed E-state index contributed by atoms with van der Waals surface area (Å²) in [4.78, 5) is 27.4. The van der Waals surface area contributed by atoms with Crippen LogP contribution in [0.15, 0.2) is 6.20 Å². The average Bonchev–Trinajstić information content (AvgIpc) is 2.85. The van der Waals surface area contributed by atoms with Crippen LogP contribution in [0.4, 0.5) is 10.6 Å². The maximum absolute atomic E-state index is 10.9. The third kappa shape index (κ3) is 4.17. The number of amides is 1. The summed E-state index contributed by atoms with van der Waals surface area (Å²) in [6, 6.07) is 0. The highest BCUT2D eigenvalue weighted by atomic mass is 16.6. The maximum Gasteiger partial charge on any atom is 0.404 e. The number of hydrogen-bond acceptors (Lipinski definition) is 6. The van der Waals surface area contributed by atoms with Gasteiger partial charge < -0.3 is 20.6 Å². The Labute approximate surface area is 128 Å². The van der Waals surface area contributed by atoms with Crippen LogP contribution in [0.5, 0.6) is 0 Å². The number of hydrogen-bond donors (Lipinski definition) is 1. The van der Waals surface area contributed by atoms with Crippen molar-refractivity contribution in [3.05, 3.63) is 22.1 Å². The highest BCUT2D eigenvalue weighted by Crippen LogP contribution is 2.18. The highest BCUT2D eigenvalue weighted by Gasteiger charge is 2.22. The Hall–Kier alpha value is -2.16. The van der Waals surface area contributed by atoms with Crippen LogP contribution in [0.2, 0.25) is 0 Å². The molecule has 2 N–H and O–H groups in total. The lowest BCUT2D eigenvalue weighted by Crippen LogP contribution is -2.37. The number of nitrogens with zero attached hydrogens (tertiary/aromatic N) is 4. The van der Waals surface area contributed by atoms with E-state index in [1.165, 1.54) is 6.20 Å². The molecule has 0 unspecified atom stereocenters. The van der Waals surface area contributed by atoms with E-state index in [0.717, 1.165) is 32.5 Å². The first-order chi connectivity index (χ1) is 10.5. The lowest BCUT2D eigenvalue weighted by Gasteiger charge is -2.31. The molecule has 0 saturated carbocycles. The first-order valence-corrected chi connectivity index (χ1v) is 7.28. The van der Waals surface area contributed by atoms with Gasteiger partial charge in [-0.2, -0.15) is 0 Å². The van der Waals surface area contributed by atoms with Crippen LogP contribution in [0.1, 0.15) is 18.7 Å². The number of piperidine rings is 1. The molecule has 22 heavy (non-hydrogen) atoms. The Morgan fingerprint density at radius 2 is 2.18 bits per heavy atom. The largest absolute Gasteiger partial charge is 0.449 e. The lowest BCUT2D eigenvalue weighted by molar-refractivity contribution is -0.392. The van der Waals surface area contributed by atoms with Gasteiger partial charge in [-0.25, -0.2) is 14.3 Å². The Kier molecular flexibility index (Phi) is 5.31. The summed E-state index contributed by atoms with van der Waals surface area (Å²) in [7, 11) is 0. The molecule has 0 aliphatic carbocycles. The minimum atomic E-state index is -0.731. The van der Waals surface area contributed by atoms with E-state index in [1.54, 1.807) is 11.5 Å². The highest BCUT2D eigenvalue weighted by molar-refractivity contribution is 5.64. The van der Waals surface area contributed by atoms with Crippen molar-refractivity contribution in [3.8, 4) is 0 Å². The molecule has 2 heterocycles. The van der Waals surface area contributed by atoms with Crippen LogP contribution < -0.4 is 5.73 Å². The Bertz CT molecular complexity index is 537. The normalized spacial score (nSPS) is 16.6. The molecular weight excluding hydrogens is 290 g/mol. The number of ether oxygens (including phenoxy) is 1. The van der Waals surface area contributed by atoms with Gasteiger partial charge in [0.1, 0.15) is 12.7 Å². The zero-order valence-electron chi connectivity index (χ0n) is 12.6. The number of imidazole rings is 1. The van der Waals surface area contributed by atoms with Crippen molar-refractivity contribution in [2.24, 2.45) is 11.7 Å². The molecule has 0 aromatic carbocycles. The molecule has 1 aromatic rings. The summed E-state index contributed by atoms with van der Waals surface area (Å²) in [5.74, 6) is 1.02. The Morgan fingerprint density at radius 3 is 2.77 bits per heavy atom. The van der Waals surface area contributed by atoms with E-state index in [2.05, 4.69) is 9.88 Å². The topological polar surface area (TPSA) is 117 Å². The number of carbonyl (C=O) groups excluding carboxylic acids is 1. The van der Waals surface area contributed by atoms with E-state index >= 15 is 0 Å². The number of carbonyl (C=O) groups is 1. The number of nitrogens with two attached hydrogens (primary N) is 1. The van der Waals surface area contributed by atoms with Gasteiger partial charge in [-0.1, -0.05) is 0 Å². The van der Waals surface area contributed by atoms with Gasteiger partial charge in [-0.3, -0.25) is 4.90 Å². The van der Waals surface area contributed by atoms with Gasteiger partial charge in [-0.15, -0.1) is 0 Å². The van der Waals surface area contributed by atoms with Crippen LogP contribution in [-0.2, 0) is 11.3 Å². The minimum absolute atomic E-state index is 0.0299. The second kappa shape index (κ2) is 7.21. The zero-order valence-corrected chi connectivity index (χ0v) is 12.6. The van der Waals surface area contributed by atoms with Crippen LogP contribution in [0.25, 0.3) is 0 Å². The van der Waals surface area contributed by atoms with Crippen LogP contribution in [0.3, 0.4) is 0 Å². The number of nitro groups is 1. The number of primary amides is 1. The fourth-order valence-corrected chi connectivity index (χ4v) is 2.70. The second-order valence-corrected chi connectivity index (χ2v) is 5.49. The van der Waals surface area contributed by atoms with Crippen LogP contribution in [0, 0.1) is 23.0 Å². The molecule has 1 aliphatic rings. The number of aryl methyl sites for hydroxylation is 1. The maximum atomic E-state index is 10.9. The van der Waals surface area contributed by atoms with Crippen molar-refractivity contribution < 1.29 is 14.5 Å². The molecule has 0 bridgehead atoms. The third-order valence-electron chi connectivity index (χ3n) is 4.03. The molecule has 0 radical (unpaired) electrons. The molecule has 1 saturated heterocycles. The Morgan fingerprint density at radius 1 is 1.50 bits per heavy atom. The van der Waals surface area contributed by atoms with Gasteiger partial charge in [0, 0.05) is 13.5 Å². The molecule has 1 aromatic heterocycles. The van der Waals surface area contributed by atoms with E-state index < -0.39 is 11.0 Å². The molecule has 2 rings (SSSR count). The SMILES string of the molecule is Cc1ncc([N+](=O)[O-])n1CCN1CCC(COC(N)=O)CC1. The minimum Gasteiger partial charge on any atom is -0.449 e. The summed E-state index contributed by atoms with van der Waals surface area (Å²) < 4.78 is 6.45. The van der Waals surface area contributed by atoms with Gasteiger partial charge in [0.05, 0.1) is 6.61 Å². The first kappa shape index (κ1) is 16.2. The fourth-order valence-electron chi connectivity index (χ4n) is 2.70. The first-order valence-electron chi connectivity index (χ1n) is 7.28. The zero-order chi connectivity index (χ0) is 16.1. The molecule has 9 heteroatoms. The van der Waals surface area contributed by atoms with Gasteiger partial charge in [0.25, 0.3) is 0 Å². The van der Waals surface area contributed by atoms with Crippen molar-refractivity contribution in [1.29, 1.82) is 0 Å². The van der Waals surface area contributed by atoms with Crippen molar-refractivity contribution >= 4 is 11.9 Å². The lowest BCUT2D eigenvalue weighted by atomic mass is 9.98. The summed E-state index contributed by atoms with van der Waals surface area (Å²) >= 11 is 0. The molecule has 0 spiro atoms. The molecular formula is C13H21N5O4. The predicted octanol–water partition coefficient (Wildman–Crippen LogP) is 0.907. The summed E-state index contributed by atoms with van der Waals surface area (Å²) in [6.07, 6.45) is 2.42. The standard InChI is InChI=1S/C13H21N5O4/c1-10-15-8-12(18(20)21)17(10)7-6-16-4-2-11(3-5-16)9-22-13(14)19/h8,11H,2-7,9H2,1H3,(H2,14,19). The number of likely N-dealkylation sites (tertiary alicyclic amines) is 1. The summed E-state index contributed by atoms with van der Waals surface area (Å²) in [5, 5.41) is 10.9. The van der Waals surface area contributed by atoms with E-state index in [4.69, 9.17) is 10.5 Å². The number of aromatic nitrogens is 2. The van der Waals surface area contributed by atoms with E-state index in [-0.39, 0.29) is 5.82 Å². The van der Waals surface area contributed by atoms with Gasteiger partial charge >= 0.3 is 11.9 Å². The quantitative estimate of drug-likeness (QED) is 0.616. The summed E-state index contributed by atoms with van der Waals surface area (Å²) in [5.41, 5.74) is 4.96. The summed E-state index contributed by atoms with van der Waals surface area (Å²) in [6.45, 7) is 5.18. The van der Waals surface area contributed by atoms with E-state index in [1.807, 2.05) is 0 Å². The molecule has 1 amide bonds. The van der Waals surface area contributed by atoms with Crippen LogP contribution in [-0.4, -0.2) is 51.7 Å². The van der Waals surface area contributed by atoms with Crippen molar-refractivity contribution in [2.75, 3.05) is 26.2 Å². The third-order valence-corrected chi connectivity index (χ3v) is 4.03. The van der Waals surface area contributed by atoms with Crippen molar-refractivity contribution in [3.63, 3.8) is 0 Å². The van der Waals surface area contributed by atoms with Gasteiger partial charge in [0.2, 0.25) is 0 Å². The second-order valence-electron chi connectivity index (χ2n) is 5.49. The Balaban J connectivity index is 1.79. The predicted molar refractivity (Wildman–Crippen MR) is 78.3 cm³/mol. The van der Waals surface area contributed by atoms with Gasteiger partial charge in [-0.05, 0) is 36.8 Å². The molecule has 1 aliphatic heterocycles. The average molecular weight is 311 g/mol. The molecule has 0 atom stereocenters. The van der Waals surface area contributed by atoms with E-state index in [0.29, 0.717) is 24.9 Å². The van der Waals surface area contributed by atoms with E-state index in [9.17, 15) is 14.9 Å². The fraction of sp³-hybridized carbons (Fsp3) is 0.692. The molecule has 122 valence electrons. The van der Waals surface area contributed by atoms with Crippen molar-refractivity contribution in [2.45, 2.75) is 26.3 Å². The number of rotatable bonds is 6. The smallest absolute Gasteiger partial charge is 0.404 e. The van der Waals surface area contributed by atoms with Crippen molar-refractivity contribution in [1.82, 2.24) is 14.5 Å². The van der Waals surface area contributed by atoms with Crippen LogP contribution >= 0.6 is 0 Å². The molecule has 1 fully saturated rings.